The summed E-state index contributed by atoms with van der Waals surface area (Å²) in [6.07, 6.45) is 2.76. The molecule has 1 aliphatic rings. The number of hydrogen-bond acceptors (Lipinski definition) is 4. The van der Waals surface area contributed by atoms with Crippen molar-refractivity contribution in [1.82, 2.24) is 10.3 Å². The average molecular weight is 402 g/mol. The molecule has 0 saturated heterocycles. The van der Waals surface area contributed by atoms with Crippen LogP contribution in [0.1, 0.15) is 28.3 Å². The van der Waals surface area contributed by atoms with E-state index in [0.29, 0.717) is 18.9 Å². The van der Waals surface area contributed by atoms with Crippen LogP contribution in [0, 0.1) is 19.8 Å². The van der Waals surface area contributed by atoms with E-state index in [1.807, 2.05) is 6.92 Å². The largest absolute Gasteiger partial charge is 0.354 e. The van der Waals surface area contributed by atoms with Crippen molar-refractivity contribution in [3.05, 3.63) is 39.7 Å². The van der Waals surface area contributed by atoms with E-state index in [-0.39, 0.29) is 36.8 Å². The first-order valence-electron chi connectivity index (χ1n) is 8.08. The summed E-state index contributed by atoms with van der Waals surface area (Å²) in [6, 6.07) is 8.37. The number of benzene rings is 1. The molecule has 1 amide bonds. The van der Waals surface area contributed by atoms with Gasteiger partial charge in [-0.25, -0.2) is 4.98 Å². The molecule has 7 heteroatoms. The van der Waals surface area contributed by atoms with Gasteiger partial charge in [-0.15, -0.1) is 36.2 Å². The third-order valence-corrected chi connectivity index (χ3v) is 5.18. The van der Waals surface area contributed by atoms with E-state index in [2.05, 4.69) is 41.5 Å². The van der Waals surface area contributed by atoms with Crippen LogP contribution >= 0.6 is 36.2 Å². The predicted molar refractivity (Wildman–Crippen MR) is 109 cm³/mol. The fourth-order valence-corrected chi connectivity index (χ4v) is 3.61. The molecule has 1 saturated carbocycles. The first-order chi connectivity index (χ1) is 11.0. The number of aryl methyl sites for hydroxylation is 2. The fourth-order valence-electron chi connectivity index (χ4n) is 2.66. The number of carbonyl (C=O) groups excluding carboxylic acids is 1. The molecule has 0 bridgehead atoms. The lowest BCUT2D eigenvalue weighted by atomic mass is 10.1. The van der Waals surface area contributed by atoms with E-state index in [1.54, 1.807) is 11.3 Å². The molecule has 1 aromatic carbocycles. The van der Waals surface area contributed by atoms with Crippen LogP contribution in [0.4, 0.5) is 0 Å². The molecule has 1 atom stereocenters. The van der Waals surface area contributed by atoms with Crippen molar-refractivity contribution in [1.29, 1.82) is 0 Å². The molecule has 3 N–H and O–H groups in total. The molecule has 3 rings (SSSR count). The Hall–Kier alpha value is -1.14. The van der Waals surface area contributed by atoms with Crippen LogP contribution in [0.2, 0.25) is 0 Å². The summed E-state index contributed by atoms with van der Waals surface area (Å²) in [5.74, 6) is 0.627. The normalized spacial score (nSPS) is 14.2. The van der Waals surface area contributed by atoms with Gasteiger partial charge in [0.25, 0.3) is 0 Å². The molecule has 0 spiro atoms. The SMILES string of the molecule is Cc1ccc(-c2nc(C)sc2CC(=O)NCC(N)C2CC2)cc1.Cl.Cl. The molecule has 0 aliphatic heterocycles. The number of carbonyl (C=O) groups is 1. The molecular weight excluding hydrogens is 377 g/mol. The Morgan fingerprint density at radius 1 is 1.28 bits per heavy atom. The summed E-state index contributed by atoms with van der Waals surface area (Å²) in [4.78, 5) is 17.8. The molecular formula is C18H25Cl2N3OS. The number of hydrogen-bond donors (Lipinski definition) is 2. The van der Waals surface area contributed by atoms with Crippen molar-refractivity contribution < 1.29 is 4.79 Å². The van der Waals surface area contributed by atoms with Crippen molar-refractivity contribution in [2.45, 2.75) is 39.2 Å². The summed E-state index contributed by atoms with van der Waals surface area (Å²) < 4.78 is 0. The molecule has 1 fully saturated rings. The lowest BCUT2D eigenvalue weighted by Gasteiger charge is -2.11. The van der Waals surface area contributed by atoms with Crippen LogP contribution in [-0.2, 0) is 11.2 Å². The molecule has 4 nitrogen and oxygen atoms in total. The van der Waals surface area contributed by atoms with E-state index in [9.17, 15) is 4.79 Å². The van der Waals surface area contributed by atoms with Crippen molar-refractivity contribution in [3.8, 4) is 11.3 Å². The number of amides is 1. The summed E-state index contributed by atoms with van der Waals surface area (Å²) in [6.45, 7) is 4.61. The van der Waals surface area contributed by atoms with Crippen molar-refractivity contribution in [2.24, 2.45) is 11.7 Å². The van der Waals surface area contributed by atoms with Crippen molar-refractivity contribution in [2.75, 3.05) is 6.54 Å². The Morgan fingerprint density at radius 3 is 2.52 bits per heavy atom. The lowest BCUT2D eigenvalue weighted by Crippen LogP contribution is -2.39. The Morgan fingerprint density at radius 2 is 1.92 bits per heavy atom. The van der Waals surface area contributed by atoms with Gasteiger partial charge in [0.15, 0.2) is 0 Å². The van der Waals surface area contributed by atoms with Crippen LogP contribution in [0.15, 0.2) is 24.3 Å². The summed E-state index contributed by atoms with van der Waals surface area (Å²) >= 11 is 1.59. The maximum absolute atomic E-state index is 12.2. The maximum Gasteiger partial charge on any atom is 0.225 e. The molecule has 1 unspecified atom stereocenters. The van der Waals surface area contributed by atoms with Crippen LogP contribution in [0.5, 0.6) is 0 Å². The Bertz CT molecular complexity index is 699. The van der Waals surface area contributed by atoms with E-state index in [0.717, 1.165) is 21.1 Å². The van der Waals surface area contributed by atoms with Gasteiger partial charge in [-0.05, 0) is 32.6 Å². The van der Waals surface area contributed by atoms with Gasteiger partial charge in [0.2, 0.25) is 5.91 Å². The third-order valence-electron chi connectivity index (χ3n) is 4.21. The van der Waals surface area contributed by atoms with Gasteiger partial charge in [0.05, 0.1) is 17.1 Å². The quantitative estimate of drug-likeness (QED) is 0.775. The summed E-state index contributed by atoms with van der Waals surface area (Å²) in [7, 11) is 0. The fraction of sp³-hybridized carbons (Fsp3) is 0.444. The molecule has 1 heterocycles. The van der Waals surface area contributed by atoms with Crippen molar-refractivity contribution in [3.63, 3.8) is 0 Å². The van der Waals surface area contributed by atoms with Crippen molar-refractivity contribution >= 4 is 42.1 Å². The minimum absolute atomic E-state index is 0. The number of thiazole rings is 1. The number of nitrogens with two attached hydrogens (primary N) is 1. The minimum atomic E-state index is 0. The van der Waals surface area contributed by atoms with E-state index in [1.165, 1.54) is 18.4 Å². The van der Waals surface area contributed by atoms with Gasteiger partial charge < -0.3 is 11.1 Å². The highest BCUT2D eigenvalue weighted by Crippen LogP contribution is 2.31. The second-order valence-corrected chi connectivity index (χ2v) is 7.64. The third kappa shape index (κ3) is 5.96. The second-order valence-electron chi connectivity index (χ2n) is 6.35. The Labute approximate surface area is 165 Å². The van der Waals surface area contributed by atoms with Gasteiger partial charge in [-0.3, -0.25) is 4.79 Å². The predicted octanol–water partition coefficient (Wildman–Crippen LogP) is 3.67. The second kappa shape index (κ2) is 9.53. The zero-order chi connectivity index (χ0) is 16.4. The monoisotopic (exact) mass is 401 g/mol. The maximum atomic E-state index is 12.2. The smallest absolute Gasteiger partial charge is 0.225 e. The van der Waals surface area contributed by atoms with Gasteiger partial charge in [0.1, 0.15) is 0 Å². The standard InChI is InChI=1S/C18H23N3OS.2ClH/c1-11-3-5-14(6-4-11)18-16(23-12(2)21-18)9-17(22)20-10-15(19)13-7-8-13;;/h3-6,13,15H,7-10,19H2,1-2H3,(H,20,22);2*1H. The summed E-state index contributed by atoms with van der Waals surface area (Å²) in [5.41, 5.74) is 9.24. The number of aromatic nitrogens is 1. The van der Waals surface area contributed by atoms with Gasteiger partial charge in [-0.1, -0.05) is 29.8 Å². The number of nitrogens with zero attached hydrogens (tertiary/aromatic N) is 1. The zero-order valence-electron chi connectivity index (χ0n) is 14.5. The highest BCUT2D eigenvalue weighted by atomic mass is 35.5. The van der Waals surface area contributed by atoms with Gasteiger partial charge >= 0.3 is 0 Å². The van der Waals surface area contributed by atoms with Crippen LogP contribution in [0.3, 0.4) is 0 Å². The van der Waals surface area contributed by atoms with Crippen LogP contribution < -0.4 is 11.1 Å². The van der Waals surface area contributed by atoms with Gasteiger partial charge in [-0.2, -0.15) is 0 Å². The Kier molecular flexibility index (Phi) is 8.35. The minimum Gasteiger partial charge on any atom is -0.354 e. The zero-order valence-corrected chi connectivity index (χ0v) is 16.9. The first-order valence-corrected chi connectivity index (χ1v) is 8.90. The highest BCUT2D eigenvalue weighted by Gasteiger charge is 2.28. The highest BCUT2D eigenvalue weighted by molar-refractivity contribution is 7.12. The van der Waals surface area contributed by atoms with Gasteiger partial charge in [0, 0.05) is 23.0 Å². The number of halogens is 2. The molecule has 138 valence electrons. The molecule has 25 heavy (non-hydrogen) atoms. The van der Waals surface area contributed by atoms with Crippen LogP contribution in [0.25, 0.3) is 11.3 Å². The number of rotatable bonds is 6. The number of nitrogens with one attached hydrogen (secondary N) is 1. The molecule has 2 aromatic rings. The molecule has 1 aliphatic carbocycles. The average Bonchev–Trinajstić information content (AvgIpc) is 3.30. The lowest BCUT2D eigenvalue weighted by molar-refractivity contribution is -0.120. The van der Waals surface area contributed by atoms with Crippen LogP contribution in [-0.4, -0.2) is 23.5 Å². The molecule has 0 radical (unpaired) electrons. The topological polar surface area (TPSA) is 68.0 Å². The Balaban J connectivity index is 0.00000156. The van der Waals surface area contributed by atoms with E-state index in [4.69, 9.17) is 5.73 Å². The van der Waals surface area contributed by atoms with E-state index < -0.39 is 0 Å². The van der Waals surface area contributed by atoms with E-state index >= 15 is 0 Å². The summed E-state index contributed by atoms with van der Waals surface area (Å²) in [5, 5.41) is 3.95. The first kappa shape index (κ1) is 21.9. The molecule has 1 aromatic heterocycles.